The van der Waals surface area contributed by atoms with E-state index >= 15 is 0 Å². The summed E-state index contributed by atoms with van der Waals surface area (Å²) < 4.78 is 0. The molecule has 1 saturated heterocycles. The topological polar surface area (TPSA) is 36.4 Å². The molecule has 1 aromatic rings. The Hall–Kier alpha value is -0.930. The zero-order valence-electron chi connectivity index (χ0n) is 11.5. The molecule has 0 saturated carbocycles. The van der Waals surface area contributed by atoms with Crippen molar-refractivity contribution in [2.75, 3.05) is 13.1 Å². The predicted octanol–water partition coefficient (Wildman–Crippen LogP) is 2.25. The molecule has 1 aliphatic heterocycles. The second-order valence-corrected chi connectivity index (χ2v) is 5.71. The van der Waals surface area contributed by atoms with E-state index in [0.717, 1.165) is 38.0 Å². The summed E-state index contributed by atoms with van der Waals surface area (Å²) in [5, 5.41) is 10.7. The molecule has 1 aromatic heterocycles. The third kappa shape index (κ3) is 3.53. The van der Waals surface area contributed by atoms with Crippen LogP contribution in [0.3, 0.4) is 0 Å². The van der Waals surface area contributed by atoms with E-state index in [1.54, 1.807) is 6.20 Å². The monoisotopic (exact) mass is 248 g/mol. The van der Waals surface area contributed by atoms with Gasteiger partial charge in [0.1, 0.15) is 0 Å². The van der Waals surface area contributed by atoms with Crippen LogP contribution in [-0.2, 0) is 6.42 Å². The molecule has 0 spiro atoms. The number of rotatable bonds is 3. The molecule has 0 aliphatic carbocycles. The van der Waals surface area contributed by atoms with Crippen molar-refractivity contribution in [2.24, 2.45) is 0 Å². The van der Waals surface area contributed by atoms with Gasteiger partial charge in [-0.3, -0.25) is 4.98 Å². The van der Waals surface area contributed by atoms with Crippen molar-refractivity contribution in [3.05, 3.63) is 30.1 Å². The van der Waals surface area contributed by atoms with Crippen molar-refractivity contribution in [2.45, 2.75) is 51.2 Å². The van der Waals surface area contributed by atoms with Gasteiger partial charge in [-0.15, -0.1) is 0 Å². The number of aliphatic hydroxyl groups is 1. The molecule has 3 nitrogen and oxygen atoms in total. The third-order valence-corrected chi connectivity index (χ3v) is 3.92. The standard InChI is InChI=1S/C15H24N2O/c1-13(2)17-10-5-7-15(18,8-11-17)12-14-6-3-4-9-16-14/h3-4,6,9,13,18H,5,7-8,10-12H2,1-2H3. The van der Waals surface area contributed by atoms with Gasteiger partial charge in [0.2, 0.25) is 0 Å². The molecule has 18 heavy (non-hydrogen) atoms. The normalized spacial score (nSPS) is 26.2. The van der Waals surface area contributed by atoms with E-state index in [1.165, 1.54) is 0 Å². The van der Waals surface area contributed by atoms with Crippen LogP contribution in [0.4, 0.5) is 0 Å². The number of pyridine rings is 1. The van der Waals surface area contributed by atoms with Crippen molar-refractivity contribution in [1.29, 1.82) is 0 Å². The fourth-order valence-electron chi connectivity index (χ4n) is 2.73. The smallest absolute Gasteiger partial charge is 0.0715 e. The Kier molecular flexibility index (Phi) is 4.36. The maximum Gasteiger partial charge on any atom is 0.0715 e. The number of hydrogen-bond donors (Lipinski definition) is 1. The highest BCUT2D eigenvalue weighted by atomic mass is 16.3. The van der Waals surface area contributed by atoms with E-state index in [2.05, 4.69) is 23.7 Å². The van der Waals surface area contributed by atoms with Crippen LogP contribution in [0.5, 0.6) is 0 Å². The lowest BCUT2D eigenvalue weighted by molar-refractivity contribution is 0.0240. The van der Waals surface area contributed by atoms with Crippen LogP contribution in [0.1, 0.15) is 38.8 Å². The Bertz CT molecular complexity index is 366. The molecule has 0 aromatic carbocycles. The maximum absolute atomic E-state index is 10.7. The van der Waals surface area contributed by atoms with E-state index in [-0.39, 0.29) is 0 Å². The first-order chi connectivity index (χ1) is 8.59. The largest absolute Gasteiger partial charge is 0.389 e. The molecule has 2 heterocycles. The van der Waals surface area contributed by atoms with Crippen LogP contribution in [0.25, 0.3) is 0 Å². The minimum absolute atomic E-state index is 0.571. The lowest BCUT2D eigenvalue weighted by atomic mass is 9.89. The first-order valence-electron chi connectivity index (χ1n) is 6.95. The number of nitrogens with zero attached hydrogens (tertiary/aromatic N) is 2. The SMILES string of the molecule is CC(C)N1CCCC(O)(Cc2ccccn2)CC1. The van der Waals surface area contributed by atoms with Gasteiger partial charge in [0.15, 0.2) is 0 Å². The second-order valence-electron chi connectivity index (χ2n) is 5.71. The van der Waals surface area contributed by atoms with Crippen LogP contribution < -0.4 is 0 Å². The molecule has 1 unspecified atom stereocenters. The van der Waals surface area contributed by atoms with Gasteiger partial charge in [0.25, 0.3) is 0 Å². The van der Waals surface area contributed by atoms with E-state index in [0.29, 0.717) is 12.5 Å². The Morgan fingerprint density at radius 3 is 2.83 bits per heavy atom. The Balaban J connectivity index is 1.99. The molecule has 1 fully saturated rings. The molecule has 100 valence electrons. The van der Waals surface area contributed by atoms with E-state index in [4.69, 9.17) is 0 Å². The summed E-state index contributed by atoms with van der Waals surface area (Å²) in [6.45, 7) is 6.54. The highest BCUT2D eigenvalue weighted by molar-refractivity contribution is 5.07. The van der Waals surface area contributed by atoms with Gasteiger partial charge in [-0.25, -0.2) is 0 Å². The number of aromatic nitrogens is 1. The summed E-state index contributed by atoms with van der Waals surface area (Å²) in [4.78, 5) is 6.78. The van der Waals surface area contributed by atoms with Crippen LogP contribution in [-0.4, -0.2) is 39.7 Å². The van der Waals surface area contributed by atoms with Crippen molar-refractivity contribution in [3.63, 3.8) is 0 Å². The third-order valence-electron chi connectivity index (χ3n) is 3.92. The zero-order valence-corrected chi connectivity index (χ0v) is 11.5. The summed E-state index contributed by atoms with van der Waals surface area (Å²) in [6, 6.07) is 6.48. The Morgan fingerprint density at radius 2 is 2.17 bits per heavy atom. The highest BCUT2D eigenvalue weighted by Crippen LogP contribution is 2.26. The molecule has 0 bridgehead atoms. The summed E-state index contributed by atoms with van der Waals surface area (Å²) in [5.74, 6) is 0. The molecule has 1 N–H and O–H groups in total. The van der Waals surface area contributed by atoms with Crippen molar-refractivity contribution in [3.8, 4) is 0 Å². The molecule has 0 amide bonds. The van der Waals surface area contributed by atoms with Crippen LogP contribution in [0.15, 0.2) is 24.4 Å². The minimum Gasteiger partial charge on any atom is -0.389 e. The summed E-state index contributed by atoms with van der Waals surface area (Å²) in [7, 11) is 0. The van der Waals surface area contributed by atoms with Crippen molar-refractivity contribution >= 4 is 0 Å². The fourth-order valence-corrected chi connectivity index (χ4v) is 2.73. The van der Waals surface area contributed by atoms with Gasteiger partial charge in [-0.05, 0) is 51.8 Å². The second kappa shape index (κ2) is 5.81. The summed E-state index contributed by atoms with van der Waals surface area (Å²) >= 11 is 0. The lowest BCUT2D eigenvalue weighted by Gasteiger charge is -2.27. The Morgan fingerprint density at radius 1 is 1.33 bits per heavy atom. The molecule has 1 aliphatic rings. The Labute approximate surface area is 110 Å². The van der Waals surface area contributed by atoms with Crippen LogP contribution >= 0.6 is 0 Å². The average molecular weight is 248 g/mol. The average Bonchev–Trinajstić information content (AvgIpc) is 2.52. The number of likely N-dealkylation sites (tertiary alicyclic amines) is 1. The van der Waals surface area contributed by atoms with Crippen LogP contribution in [0.2, 0.25) is 0 Å². The molecular weight excluding hydrogens is 224 g/mol. The summed E-state index contributed by atoms with van der Waals surface area (Å²) in [6.07, 6.45) is 5.28. The molecule has 3 heteroatoms. The molecule has 2 rings (SSSR count). The van der Waals surface area contributed by atoms with Gasteiger partial charge < -0.3 is 10.0 Å². The fraction of sp³-hybridized carbons (Fsp3) is 0.667. The minimum atomic E-state index is -0.571. The van der Waals surface area contributed by atoms with E-state index in [9.17, 15) is 5.11 Å². The van der Waals surface area contributed by atoms with E-state index in [1.807, 2.05) is 18.2 Å². The van der Waals surface area contributed by atoms with Gasteiger partial charge >= 0.3 is 0 Å². The maximum atomic E-state index is 10.7. The molecular formula is C15H24N2O. The predicted molar refractivity (Wildman–Crippen MR) is 73.5 cm³/mol. The lowest BCUT2D eigenvalue weighted by Crippen LogP contribution is -2.35. The quantitative estimate of drug-likeness (QED) is 0.891. The van der Waals surface area contributed by atoms with Crippen LogP contribution in [0, 0.1) is 0 Å². The van der Waals surface area contributed by atoms with Crippen molar-refractivity contribution < 1.29 is 5.11 Å². The van der Waals surface area contributed by atoms with Gasteiger partial charge in [-0.2, -0.15) is 0 Å². The summed E-state index contributed by atoms with van der Waals surface area (Å²) in [5.41, 5.74) is 0.427. The molecule has 1 atom stereocenters. The first kappa shape index (κ1) is 13.5. The zero-order chi connectivity index (χ0) is 13.0. The van der Waals surface area contributed by atoms with E-state index < -0.39 is 5.60 Å². The number of hydrogen-bond acceptors (Lipinski definition) is 3. The van der Waals surface area contributed by atoms with Gasteiger partial charge in [-0.1, -0.05) is 6.07 Å². The molecule has 0 radical (unpaired) electrons. The van der Waals surface area contributed by atoms with Crippen molar-refractivity contribution in [1.82, 2.24) is 9.88 Å². The van der Waals surface area contributed by atoms with Gasteiger partial charge in [0, 0.05) is 30.9 Å². The van der Waals surface area contributed by atoms with Gasteiger partial charge in [0.05, 0.1) is 5.60 Å². The first-order valence-corrected chi connectivity index (χ1v) is 6.95. The highest BCUT2D eigenvalue weighted by Gasteiger charge is 2.31.